The van der Waals surface area contributed by atoms with Crippen molar-refractivity contribution in [2.45, 2.75) is 25.9 Å². The molecule has 0 radical (unpaired) electrons. The first-order valence-electron chi connectivity index (χ1n) is 7.16. The van der Waals surface area contributed by atoms with Crippen molar-refractivity contribution in [3.8, 4) is 5.75 Å². The van der Waals surface area contributed by atoms with Crippen LogP contribution < -0.4 is 4.74 Å². The molecule has 0 N–H and O–H groups in total. The molecule has 0 bridgehead atoms. The van der Waals surface area contributed by atoms with Gasteiger partial charge in [0.2, 0.25) is 5.16 Å². The fraction of sp³-hybridized carbons (Fsp3) is 0.312. The maximum absolute atomic E-state index is 5.78. The van der Waals surface area contributed by atoms with E-state index < -0.39 is 0 Å². The molecule has 0 aliphatic heterocycles. The monoisotopic (exact) mass is 314 g/mol. The fourth-order valence-electron chi connectivity index (χ4n) is 2.21. The summed E-state index contributed by atoms with van der Waals surface area (Å²) in [6, 6.07) is 10.0. The third kappa shape index (κ3) is 3.22. The van der Waals surface area contributed by atoms with Crippen LogP contribution in [0.4, 0.5) is 0 Å². The summed E-state index contributed by atoms with van der Waals surface area (Å²) in [6.07, 6.45) is 0. The van der Waals surface area contributed by atoms with Gasteiger partial charge in [-0.25, -0.2) is 9.50 Å². The highest BCUT2D eigenvalue weighted by atomic mass is 32.2. The summed E-state index contributed by atoms with van der Waals surface area (Å²) in [5, 5.41) is 5.20. The zero-order valence-corrected chi connectivity index (χ0v) is 13.7. The molecule has 0 saturated heterocycles. The van der Waals surface area contributed by atoms with Gasteiger partial charge in [-0.15, -0.1) is 5.10 Å². The predicted octanol–water partition coefficient (Wildman–Crippen LogP) is 3.22. The van der Waals surface area contributed by atoms with Crippen LogP contribution in [0.5, 0.6) is 5.75 Å². The van der Waals surface area contributed by atoms with Gasteiger partial charge in [0.15, 0.2) is 0 Å². The average Bonchev–Trinajstić information content (AvgIpc) is 2.88. The smallest absolute Gasteiger partial charge is 0.253 e. The first kappa shape index (κ1) is 14.8. The zero-order chi connectivity index (χ0) is 15.5. The van der Waals surface area contributed by atoms with Crippen molar-refractivity contribution in [2.24, 2.45) is 0 Å². The van der Waals surface area contributed by atoms with Gasteiger partial charge >= 0.3 is 0 Å². The van der Waals surface area contributed by atoms with E-state index in [1.54, 1.807) is 16.3 Å². The molecule has 114 valence electrons. The lowest BCUT2D eigenvalue weighted by Crippen LogP contribution is -2.01. The van der Waals surface area contributed by atoms with Crippen LogP contribution in [0.15, 0.2) is 35.5 Å². The third-order valence-electron chi connectivity index (χ3n) is 3.26. The maximum Gasteiger partial charge on any atom is 0.253 e. The number of thioether (sulfide) groups is 1. The summed E-state index contributed by atoms with van der Waals surface area (Å²) < 4.78 is 7.55. The van der Waals surface area contributed by atoms with E-state index in [1.165, 1.54) is 0 Å². The Hall–Kier alpha value is -2.08. The van der Waals surface area contributed by atoms with E-state index in [0.717, 1.165) is 33.6 Å². The van der Waals surface area contributed by atoms with Crippen LogP contribution in [0.1, 0.15) is 17.0 Å². The summed E-state index contributed by atoms with van der Waals surface area (Å²) in [6.45, 7) is 6.63. The molecule has 6 heteroatoms. The molecule has 3 aromatic rings. The van der Waals surface area contributed by atoms with Crippen molar-refractivity contribution in [3.05, 3.63) is 47.3 Å². The lowest BCUT2D eigenvalue weighted by Gasteiger charge is -2.07. The van der Waals surface area contributed by atoms with Gasteiger partial charge in [0.1, 0.15) is 5.75 Å². The quantitative estimate of drug-likeness (QED) is 0.534. The summed E-state index contributed by atoms with van der Waals surface area (Å²) >= 11 is 1.58. The Morgan fingerprint density at radius 1 is 1.14 bits per heavy atom. The highest BCUT2D eigenvalue weighted by Gasteiger charge is 2.08. The Kier molecular flexibility index (Phi) is 4.29. The minimum atomic E-state index is 0.622. The number of benzene rings is 1. The normalized spacial score (nSPS) is 11.0. The highest BCUT2D eigenvalue weighted by Crippen LogP contribution is 2.18. The van der Waals surface area contributed by atoms with Crippen LogP contribution in [0, 0.1) is 20.8 Å². The van der Waals surface area contributed by atoms with Crippen LogP contribution in [-0.2, 0) is 0 Å². The average molecular weight is 314 g/mol. The molecule has 2 aromatic heterocycles. The lowest BCUT2D eigenvalue weighted by molar-refractivity contribution is 0.341. The van der Waals surface area contributed by atoms with Crippen molar-refractivity contribution in [2.75, 3.05) is 12.4 Å². The third-order valence-corrected chi connectivity index (χ3v) is 4.07. The molecule has 0 saturated carbocycles. The molecule has 0 aliphatic rings. The SMILES string of the molecule is Cc1cc(C)n2nc(SCCOc3ccccc3C)nc2n1. The van der Waals surface area contributed by atoms with Gasteiger partial charge in [0, 0.05) is 17.1 Å². The van der Waals surface area contributed by atoms with Crippen LogP contribution in [0.2, 0.25) is 0 Å². The van der Waals surface area contributed by atoms with E-state index in [9.17, 15) is 0 Å². The van der Waals surface area contributed by atoms with Gasteiger partial charge < -0.3 is 4.74 Å². The Morgan fingerprint density at radius 2 is 1.95 bits per heavy atom. The number of aryl methyl sites for hydroxylation is 3. The number of rotatable bonds is 5. The molecule has 0 atom stereocenters. The molecular formula is C16H18N4OS. The molecule has 2 heterocycles. The number of hydrogen-bond acceptors (Lipinski definition) is 5. The predicted molar refractivity (Wildman–Crippen MR) is 87.7 cm³/mol. The van der Waals surface area contributed by atoms with E-state index in [-0.39, 0.29) is 0 Å². The number of para-hydroxylation sites is 1. The number of ether oxygens (including phenoxy) is 1. The van der Waals surface area contributed by atoms with Gasteiger partial charge in [0.25, 0.3) is 5.78 Å². The van der Waals surface area contributed by atoms with Gasteiger partial charge in [-0.2, -0.15) is 4.98 Å². The molecule has 5 nitrogen and oxygen atoms in total. The summed E-state index contributed by atoms with van der Waals surface area (Å²) in [5.41, 5.74) is 3.14. The van der Waals surface area contributed by atoms with Gasteiger partial charge in [-0.05, 0) is 38.5 Å². The largest absolute Gasteiger partial charge is 0.492 e. The molecule has 3 rings (SSSR count). The molecule has 22 heavy (non-hydrogen) atoms. The summed E-state index contributed by atoms with van der Waals surface area (Å²) in [5.74, 6) is 2.38. The number of nitrogens with zero attached hydrogens (tertiary/aromatic N) is 4. The molecule has 1 aromatic carbocycles. The topological polar surface area (TPSA) is 52.3 Å². The molecule has 0 aliphatic carbocycles. The summed E-state index contributed by atoms with van der Waals surface area (Å²) in [7, 11) is 0. The van der Waals surface area contributed by atoms with Crippen LogP contribution >= 0.6 is 11.8 Å². The Labute approximate surface area is 133 Å². The minimum Gasteiger partial charge on any atom is -0.492 e. The standard InChI is InChI=1S/C16H18N4OS/c1-11-6-4-5-7-14(11)21-8-9-22-16-18-15-17-12(2)10-13(3)20(15)19-16/h4-7,10H,8-9H2,1-3H3. The van der Waals surface area contributed by atoms with Crippen LogP contribution in [0.3, 0.4) is 0 Å². The Morgan fingerprint density at radius 3 is 2.77 bits per heavy atom. The lowest BCUT2D eigenvalue weighted by atomic mass is 10.2. The van der Waals surface area contributed by atoms with E-state index in [2.05, 4.69) is 15.1 Å². The van der Waals surface area contributed by atoms with Crippen LogP contribution in [-0.4, -0.2) is 31.9 Å². The van der Waals surface area contributed by atoms with Gasteiger partial charge in [-0.1, -0.05) is 30.0 Å². The van der Waals surface area contributed by atoms with Crippen LogP contribution in [0.25, 0.3) is 5.78 Å². The van der Waals surface area contributed by atoms with Crippen molar-refractivity contribution < 1.29 is 4.74 Å². The van der Waals surface area contributed by atoms with Crippen molar-refractivity contribution >= 4 is 17.5 Å². The van der Waals surface area contributed by atoms with Crippen molar-refractivity contribution in [1.82, 2.24) is 19.6 Å². The second-order valence-electron chi connectivity index (χ2n) is 5.11. The van der Waals surface area contributed by atoms with Gasteiger partial charge in [0.05, 0.1) is 6.61 Å². The highest BCUT2D eigenvalue weighted by molar-refractivity contribution is 7.99. The van der Waals surface area contributed by atoms with Crippen molar-refractivity contribution in [1.29, 1.82) is 0 Å². The second-order valence-corrected chi connectivity index (χ2v) is 6.17. The van der Waals surface area contributed by atoms with E-state index in [0.29, 0.717) is 12.4 Å². The van der Waals surface area contributed by atoms with E-state index in [4.69, 9.17) is 4.74 Å². The zero-order valence-electron chi connectivity index (χ0n) is 12.9. The first-order chi connectivity index (χ1) is 10.6. The number of aromatic nitrogens is 4. The minimum absolute atomic E-state index is 0.622. The molecule has 0 amide bonds. The molecular weight excluding hydrogens is 296 g/mol. The molecule has 0 fully saturated rings. The van der Waals surface area contributed by atoms with Crippen molar-refractivity contribution in [3.63, 3.8) is 0 Å². The molecule has 0 unspecified atom stereocenters. The first-order valence-corrected chi connectivity index (χ1v) is 8.14. The van der Waals surface area contributed by atoms with Gasteiger partial charge in [-0.3, -0.25) is 0 Å². The van der Waals surface area contributed by atoms with E-state index >= 15 is 0 Å². The fourth-order valence-corrected chi connectivity index (χ4v) is 2.85. The van der Waals surface area contributed by atoms with E-state index in [1.807, 2.05) is 51.1 Å². The Bertz CT molecular complexity index is 800. The number of hydrogen-bond donors (Lipinski definition) is 0. The molecule has 0 spiro atoms. The summed E-state index contributed by atoms with van der Waals surface area (Å²) in [4.78, 5) is 8.83. The Balaban J connectivity index is 1.60. The second kappa shape index (κ2) is 6.36. The maximum atomic E-state index is 5.78. The number of fused-ring (bicyclic) bond motifs is 1.